The van der Waals surface area contributed by atoms with Crippen molar-refractivity contribution in [1.82, 2.24) is 35.3 Å². The van der Waals surface area contributed by atoms with Gasteiger partial charge in [0.2, 0.25) is 0 Å². The zero-order valence-corrected chi connectivity index (χ0v) is 18.0. The monoisotopic (exact) mass is 431 g/mol. The zero-order chi connectivity index (χ0) is 21.6. The molecule has 0 aliphatic heterocycles. The van der Waals surface area contributed by atoms with Crippen LogP contribution in [-0.2, 0) is 12.3 Å². The lowest BCUT2D eigenvalue weighted by molar-refractivity contribution is 0.0944. The molecule has 1 aromatic carbocycles. The van der Waals surface area contributed by atoms with Crippen molar-refractivity contribution in [2.24, 2.45) is 0 Å². The van der Waals surface area contributed by atoms with E-state index in [1.54, 1.807) is 10.9 Å². The summed E-state index contributed by atoms with van der Waals surface area (Å²) in [5, 5.41) is 12.0. The third kappa shape index (κ3) is 5.13. The second kappa shape index (κ2) is 9.48. The van der Waals surface area contributed by atoms with Crippen LogP contribution in [0.25, 0.3) is 5.69 Å². The molecule has 1 amide bonds. The van der Waals surface area contributed by atoms with Crippen molar-refractivity contribution in [3.05, 3.63) is 89.3 Å². The van der Waals surface area contributed by atoms with Crippen LogP contribution >= 0.6 is 11.8 Å². The summed E-state index contributed by atoms with van der Waals surface area (Å²) in [5.74, 6) is 0.140. The maximum atomic E-state index is 12.9. The average Bonchev–Trinajstić information content (AvgIpc) is 3.21. The van der Waals surface area contributed by atoms with E-state index in [1.165, 1.54) is 11.8 Å². The normalized spacial score (nSPS) is 10.8. The average molecular weight is 432 g/mol. The van der Waals surface area contributed by atoms with Crippen LogP contribution in [0.1, 0.15) is 33.3 Å². The molecule has 0 bridgehead atoms. The van der Waals surface area contributed by atoms with Gasteiger partial charge in [0.15, 0.2) is 10.9 Å². The predicted molar refractivity (Wildman–Crippen MR) is 118 cm³/mol. The third-order valence-corrected chi connectivity index (χ3v) is 5.29. The number of hydrogen-bond acceptors (Lipinski definition) is 7. The molecule has 0 aliphatic rings. The molecular weight excluding hydrogens is 410 g/mol. The largest absolute Gasteiger partial charge is 0.345 e. The Bertz CT molecular complexity index is 1160. The molecule has 8 nitrogen and oxygen atoms in total. The lowest BCUT2D eigenvalue weighted by atomic mass is 10.2. The van der Waals surface area contributed by atoms with E-state index < -0.39 is 0 Å². The number of carbonyl (C=O) groups excluding carboxylic acids is 1. The standard InChI is InChI=1S/C22H21N7OS/c1-15-12-16(2)26-22(25-15)31-14-19-20(21(30)24-13-17-8-6-7-11-23-17)27-28-29(19)18-9-4-3-5-10-18/h3-12H,13-14H2,1-2H3,(H,24,30). The van der Waals surface area contributed by atoms with Crippen molar-refractivity contribution in [1.29, 1.82) is 0 Å². The second-order valence-electron chi connectivity index (χ2n) is 6.86. The number of pyridine rings is 1. The van der Waals surface area contributed by atoms with E-state index in [9.17, 15) is 4.79 Å². The van der Waals surface area contributed by atoms with E-state index in [1.807, 2.05) is 68.4 Å². The Morgan fingerprint density at radius 3 is 2.48 bits per heavy atom. The number of rotatable bonds is 7. The number of hydrogen-bond donors (Lipinski definition) is 1. The summed E-state index contributed by atoms with van der Waals surface area (Å²) in [7, 11) is 0. The highest BCUT2D eigenvalue weighted by atomic mass is 32.2. The van der Waals surface area contributed by atoms with Gasteiger partial charge in [0.05, 0.1) is 23.6 Å². The van der Waals surface area contributed by atoms with Crippen molar-refractivity contribution >= 4 is 17.7 Å². The van der Waals surface area contributed by atoms with Crippen LogP contribution in [0.2, 0.25) is 0 Å². The molecule has 1 N–H and O–H groups in total. The Labute approximate surface area is 184 Å². The molecule has 31 heavy (non-hydrogen) atoms. The van der Waals surface area contributed by atoms with E-state index in [-0.39, 0.29) is 11.6 Å². The summed E-state index contributed by atoms with van der Waals surface area (Å²) in [6, 6.07) is 17.1. The second-order valence-corrected chi connectivity index (χ2v) is 7.80. The molecule has 0 aliphatic carbocycles. The minimum absolute atomic E-state index is 0.275. The Balaban J connectivity index is 1.60. The number of nitrogens with zero attached hydrogens (tertiary/aromatic N) is 6. The van der Waals surface area contributed by atoms with Crippen molar-refractivity contribution in [3.8, 4) is 5.69 Å². The Morgan fingerprint density at radius 2 is 1.77 bits per heavy atom. The smallest absolute Gasteiger partial charge is 0.274 e. The summed E-state index contributed by atoms with van der Waals surface area (Å²) in [6.07, 6.45) is 1.69. The first kappa shape index (κ1) is 20.7. The minimum Gasteiger partial charge on any atom is -0.345 e. The molecule has 3 heterocycles. The fourth-order valence-corrected chi connectivity index (χ4v) is 3.97. The maximum Gasteiger partial charge on any atom is 0.274 e. The van der Waals surface area contributed by atoms with E-state index in [0.29, 0.717) is 23.1 Å². The highest BCUT2D eigenvalue weighted by Crippen LogP contribution is 2.23. The molecule has 0 atom stereocenters. The van der Waals surface area contributed by atoms with Crippen LogP contribution in [0.5, 0.6) is 0 Å². The van der Waals surface area contributed by atoms with Gasteiger partial charge < -0.3 is 5.32 Å². The van der Waals surface area contributed by atoms with Gasteiger partial charge in [0, 0.05) is 23.3 Å². The summed E-state index contributed by atoms with van der Waals surface area (Å²) in [4.78, 5) is 26.1. The van der Waals surface area contributed by atoms with Gasteiger partial charge in [-0.05, 0) is 44.2 Å². The van der Waals surface area contributed by atoms with Crippen molar-refractivity contribution in [2.75, 3.05) is 0 Å². The van der Waals surface area contributed by atoms with Gasteiger partial charge in [0.25, 0.3) is 5.91 Å². The van der Waals surface area contributed by atoms with Gasteiger partial charge in [-0.15, -0.1) is 5.10 Å². The summed E-state index contributed by atoms with van der Waals surface area (Å²) < 4.78 is 1.69. The SMILES string of the molecule is Cc1cc(C)nc(SCc2c(C(=O)NCc3ccccn3)nnn2-c2ccccc2)n1. The number of carbonyl (C=O) groups is 1. The van der Waals surface area contributed by atoms with Gasteiger partial charge in [0.1, 0.15) is 0 Å². The number of para-hydroxylation sites is 1. The lowest BCUT2D eigenvalue weighted by Crippen LogP contribution is -2.25. The van der Waals surface area contributed by atoms with Crippen molar-refractivity contribution < 1.29 is 4.79 Å². The number of aryl methyl sites for hydroxylation is 2. The molecule has 0 saturated carbocycles. The van der Waals surface area contributed by atoms with E-state index in [2.05, 4.69) is 30.6 Å². The van der Waals surface area contributed by atoms with Gasteiger partial charge in [-0.1, -0.05) is 41.2 Å². The van der Waals surface area contributed by atoms with Gasteiger partial charge in [-0.25, -0.2) is 14.6 Å². The van der Waals surface area contributed by atoms with Crippen LogP contribution in [0.4, 0.5) is 0 Å². The number of aromatic nitrogens is 6. The molecular formula is C22H21N7OS. The van der Waals surface area contributed by atoms with Crippen molar-refractivity contribution in [3.63, 3.8) is 0 Å². The lowest BCUT2D eigenvalue weighted by Gasteiger charge is -2.09. The Kier molecular flexibility index (Phi) is 6.32. The first-order valence-electron chi connectivity index (χ1n) is 9.73. The zero-order valence-electron chi connectivity index (χ0n) is 17.2. The fraction of sp³-hybridized carbons (Fsp3) is 0.182. The molecule has 0 fully saturated rings. The summed E-state index contributed by atoms with van der Waals surface area (Å²) in [6.45, 7) is 4.18. The molecule has 3 aromatic heterocycles. The highest BCUT2D eigenvalue weighted by Gasteiger charge is 2.21. The Hall–Kier alpha value is -3.59. The Morgan fingerprint density at radius 1 is 1.03 bits per heavy atom. The van der Waals surface area contributed by atoms with E-state index in [4.69, 9.17) is 0 Å². The molecule has 0 unspecified atom stereocenters. The molecule has 4 rings (SSSR count). The number of nitrogens with one attached hydrogen (secondary N) is 1. The van der Waals surface area contributed by atoms with Crippen LogP contribution < -0.4 is 5.32 Å². The first-order chi connectivity index (χ1) is 15.1. The molecule has 4 aromatic rings. The first-order valence-corrected chi connectivity index (χ1v) is 10.7. The number of benzene rings is 1. The van der Waals surface area contributed by atoms with Gasteiger partial charge >= 0.3 is 0 Å². The summed E-state index contributed by atoms with van der Waals surface area (Å²) in [5.41, 5.74) is 4.35. The van der Waals surface area contributed by atoms with E-state index >= 15 is 0 Å². The van der Waals surface area contributed by atoms with E-state index in [0.717, 1.165) is 22.8 Å². The topological polar surface area (TPSA) is 98.5 Å². The summed E-state index contributed by atoms with van der Waals surface area (Å²) >= 11 is 1.45. The minimum atomic E-state index is -0.301. The molecule has 9 heteroatoms. The fourth-order valence-electron chi connectivity index (χ4n) is 3.03. The molecule has 156 valence electrons. The van der Waals surface area contributed by atoms with Crippen LogP contribution in [0.3, 0.4) is 0 Å². The van der Waals surface area contributed by atoms with Crippen molar-refractivity contribution in [2.45, 2.75) is 31.3 Å². The van der Waals surface area contributed by atoms with Gasteiger partial charge in [-0.3, -0.25) is 9.78 Å². The van der Waals surface area contributed by atoms with Gasteiger partial charge in [-0.2, -0.15) is 0 Å². The number of thioether (sulfide) groups is 1. The van der Waals surface area contributed by atoms with Crippen LogP contribution in [0, 0.1) is 13.8 Å². The highest BCUT2D eigenvalue weighted by molar-refractivity contribution is 7.98. The van der Waals surface area contributed by atoms with Crippen LogP contribution in [0.15, 0.2) is 66.0 Å². The third-order valence-electron chi connectivity index (χ3n) is 4.43. The molecule has 0 saturated heterocycles. The number of amides is 1. The van der Waals surface area contributed by atoms with Crippen LogP contribution in [-0.4, -0.2) is 35.9 Å². The molecule has 0 radical (unpaired) electrons. The predicted octanol–water partition coefficient (Wildman–Crippen LogP) is 3.29. The quantitative estimate of drug-likeness (QED) is 0.354. The molecule has 0 spiro atoms. The maximum absolute atomic E-state index is 12.9.